The van der Waals surface area contributed by atoms with Crippen molar-refractivity contribution in [3.63, 3.8) is 0 Å². The van der Waals surface area contributed by atoms with Gasteiger partial charge in [-0.15, -0.1) is 0 Å². The SMILES string of the molecule is O=C1CCOc2c(Cc3cc(Cl)ccc3O)c(O)c(Cc3ccccc3O)c(O)c21. The van der Waals surface area contributed by atoms with E-state index in [0.29, 0.717) is 16.1 Å². The Morgan fingerprint density at radius 1 is 0.867 bits per heavy atom. The highest BCUT2D eigenvalue weighted by molar-refractivity contribution is 6.30. The van der Waals surface area contributed by atoms with E-state index in [1.165, 1.54) is 18.2 Å². The van der Waals surface area contributed by atoms with Crippen molar-refractivity contribution in [2.75, 3.05) is 6.61 Å². The standard InChI is InChI=1S/C23H19ClO6/c24-14-5-6-18(26)13(9-14)11-16-21(28)15(10-12-3-1-2-4-17(12)25)22(29)20-19(27)7-8-30-23(16)20/h1-6,9,25-26,28-29H,7-8,10-11H2. The molecule has 1 aliphatic rings. The van der Waals surface area contributed by atoms with Crippen molar-refractivity contribution in [3.05, 3.63) is 75.3 Å². The Morgan fingerprint density at radius 3 is 2.33 bits per heavy atom. The van der Waals surface area contributed by atoms with Gasteiger partial charge in [0.2, 0.25) is 0 Å². The first-order valence-electron chi connectivity index (χ1n) is 9.36. The third kappa shape index (κ3) is 3.50. The number of halogens is 1. The zero-order valence-electron chi connectivity index (χ0n) is 15.9. The van der Waals surface area contributed by atoms with E-state index in [-0.39, 0.29) is 77.1 Å². The molecule has 0 unspecified atom stereocenters. The number of phenols is 4. The highest BCUT2D eigenvalue weighted by Crippen LogP contribution is 2.47. The molecule has 0 atom stereocenters. The van der Waals surface area contributed by atoms with Crippen LogP contribution in [-0.2, 0) is 12.8 Å². The lowest BCUT2D eigenvalue weighted by Gasteiger charge is -2.24. The number of hydrogen-bond donors (Lipinski definition) is 4. The average molecular weight is 427 g/mol. The molecule has 4 N–H and O–H groups in total. The number of rotatable bonds is 4. The number of phenolic OH excluding ortho intramolecular Hbond substituents is 4. The molecule has 0 aliphatic carbocycles. The topological polar surface area (TPSA) is 107 Å². The monoisotopic (exact) mass is 426 g/mol. The molecule has 0 spiro atoms. The number of carbonyl (C=O) groups is 1. The number of fused-ring (bicyclic) bond motifs is 1. The molecular weight excluding hydrogens is 408 g/mol. The van der Waals surface area contributed by atoms with E-state index >= 15 is 0 Å². The lowest BCUT2D eigenvalue weighted by atomic mass is 9.89. The van der Waals surface area contributed by atoms with Crippen LogP contribution in [0.5, 0.6) is 28.7 Å². The minimum atomic E-state index is -0.366. The van der Waals surface area contributed by atoms with Crippen LogP contribution in [0.25, 0.3) is 0 Å². The maximum absolute atomic E-state index is 12.6. The Morgan fingerprint density at radius 2 is 1.57 bits per heavy atom. The zero-order chi connectivity index (χ0) is 21.4. The lowest BCUT2D eigenvalue weighted by Crippen LogP contribution is -2.18. The van der Waals surface area contributed by atoms with Gasteiger partial charge in [0.15, 0.2) is 5.78 Å². The van der Waals surface area contributed by atoms with Gasteiger partial charge in [-0.05, 0) is 35.4 Å². The van der Waals surface area contributed by atoms with Crippen LogP contribution in [0.15, 0.2) is 42.5 Å². The molecule has 3 aromatic carbocycles. The number of ether oxygens (including phenoxy) is 1. The molecule has 1 heterocycles. The van der Waals surface area contributed by atoms with Gasteiger partial charge in [-0.1, -0.05) is 29.8 Å². The Bertz CT molecular complexity index is 1150. The summed E-state index contributed by atoms with van der Waals surface area (Å²) in [7, 11) is 0. The number of carbonyl (C=O) groups excluding carboxylic acids is 1. The first-order chi connectivity index (χ1) is 14.4. The van der Waals surface area contributed by atoms with Crippen molar-refractivity contribution >= 4 is 17.4 Å². The summed E-state index contributed by atoms with van der Waals surface area (Å²) in [4.78, 5) is 12.6. The van der Waals surface area contributed by atoms with Crippen LogP contribution in [0.4, 0.5) is 0 Å². The Balaban J connectivity index is 1.90. The van der Waals surface area contributed by atoms with Gasteiger partial charge >= 0.3 is 0 Å². The fourth-order valence-corrected chi connectivity index (χ4v) is 3.86. The molecule has 0 saturated heterocycles. The second-order valence-electron chi connectivity index (χ2n) is 7.14. The number of Topliss-reactive ketones (excluding diaryl/α,β-unsaturated/α-hetero) is 1. The Kier molecular flexibility index (Phi) is 5.18. The van der Waals surface area contributed by atoms with Crippen molar-refractivity contribution in [2.45, 2.75) is 19.3 Å². The van der Waals surface area contributed by atoms with E-state index < -0.39 is 0 Å². The summed E-state index contributed by atoms with van der Waals surface area (Å²) in [5.74, 6) is -0.848. The Labute approximate surface area is 177 Å². The predicted molar refractivity (Wildman–Crippen MR) is 111 cm³/mol. The molecule has 154 valence electrons. The van der Waals surface area contributed by atoms with E-state index in [1.807, 2.05) is 0 Å². The highest BCUT2D eigenvalue weighted by atomic mass is 35.5. The van der Waals surface area contributed by atoms with Crippen LogP contribution in [0, 0.1) is 0 Å². The van der Waals surface area contributed by atoms with E-state index in [0.717, 1.165) is 0 Å². The molecule has 4 rings (SSSR count). The molecule has 0 saturated carbocycles. The maximum atomic E-state index is 12.6. The molecular formula is C23H19ClO6. The fourth-order valence-electron chi connectivity index (χ4n) is 3.67. The largest absolute Gasteiger partial charge is 0.508 e. The number of benzene rings is 3. The van der Waals surface area contributed by atoms with Gasteiger partial charge in [-0.3, -0.25) is 4.79 Å². The zero-order valence-corrected chi connectivity index (χ0v) is 16.6. The van der Waals surface area contributed by atoms with E-state index in [4.69, 9.17) is 16.3 Å². The predicted octanol–water partition coefficient (Wildman–Crippen LogP) is 4.31. The fraction of sp³-hybridized carbons (Fsp3) is 0.174. The molecule has 0 fully saturated rings. The van der Waals surface area contributed by atoms with Crippen molar-refractivity contribution < 1.29 is 30.0 Å². The summed E-state index contributed by atoms with van der Waals surface area (Å²) < 4.78 is 5.65. The summed E-state index contributed by atoms with van der Waals surface area (Å²) in [5.41, 5.74) is 1.27. The van der Waals surface area contributed by atoms with Gasteiger partial charge in [0.05, 0.1) is 6.61 Å². The molecule has 7 heteroatoms. The van der Waals surface area contributed by atoms with Gasteiger partial charge in [0, 0.05) is 35.4 Å². The lowest BCUT2D eigenvalue weighted by molar-refractivity contribution is 0.0928. The average Bonchev–Trinajstić information content (AvgIpc) is 2.72. The molecule has 30 heavy (non-hydrogen) atoms. The molecule has 0 amide bonds. The summed E-state index contributed by atoms with van der Waals surface area (Å²) >= 11 is 6.04. The minimum Gasteiger partial charge on any atom is -0.508 e. The molecule has 0 radical (unpaired) electrons. The number of hydrogen-bond acceptors (Lipinski definition) is 6. The van der Waals surface area contributed by atoms with E-state index in [9.17, 15) is 25.2 Å². The first kappa shape index (κ1) is 19.9. The van der Waals surface area contributed by atoms with Gasteiger partial charge in [0.25, 0.3) is 0 Å². The molecule has 6 nitrogen and oxygen atoms in total. The third-order valence-electron chi connectivity index (χ3n) is 5.22. The van der Waals surface area contributed by atoms with E-state index in [1.54, 1.807) is 24.3 Å². The molecule has 1 aliphatic heterocycles. The van der Waals surface area contributed by atoms with Gasteiger partial charge in [0.1, 0.15) is 34.3 Å². The molecule has 0 bridgehead atoms. The van der Waals surface area contributed by atoms with Crippen LogP contribution in [0.2, 0.25) is 5.02 Å². The van der Waals surface area contributed by atoms with Crippen molar-refractivity contribution in [2.24, 2.45) is 0 Å². The normalized spacial score (nSPS) is 13.0. The van der Waals surface area contributed by atoms with Gasteiger partial charge in [-0.2, -0.15) is 0 Å². The number of ketones is 1. The minimum absolute atomic E-state index is 0.000567. The summed E-state index contributed by atoms with van der Waals surface area (Å²) in [5, 5.41) is 42.6. The summed E-state index contributed by atoms with van der Waals surface area (Å²) in [6.45, 7) is 0.123. The Hall–Kier alpha value is -3.38. The highest BCUT2D eigenvalue weighted by Gasteiger charge is 2.32. The maximum Gasteiger partial charge on any atom is 0.173 e. The number of aromatic hydroxyl groups is 4. The van der Waals surface area contributed by atoms with Crippen molar-refractivity contribution in [1.29, 1.82) is 0 Å². The second kappa shape index (κ2) is 7.80. The summed E-state index contributed by atoms with van der Waals surface area (Å²) in [6, 6.07) is 11.1. The van der Waals surface area contributed by atoms with E-state index in [2.05, 4.69) is 0 Å². The third-order valence-corrected chi connectivity index (χ3v) is 5.45. The molecule has 3 aromatic rings. The van der Waals surface area contributed by atoms with Crippen LogP contribution in [0.3, 0.4) is 0 Å². The summed E-state index contributed by atoms with van der Waals surface area (Å²) in [6.07, 6.45) is 0.130. The van der Waals surface area contributed by atoms with Crippen molar-refractivity contribution in [3.8, 4) is 28.7 Å². The quantitative estimate of drug-likeness (QED) is 0.495. The first-order valence-corrected chi connectivity index (χ1v) is 9.74. The van der Waals surface area contributed by atoms with Crippen LogP contribution < -0.4 is 4.74 Å². The van der Waals surface area contributed by atoms with Gasteiger partial charge in [-0.25, -0.2) is 0 Å². The van der Waals surface area contributed by atoms with Crippen LogP contribution >= 0.6 is 11.6 Å². The molecule has 0 aromatic heterocycles. The van der Waals surface area contributed by atoms with Crippen molar-refractivity contribution in [1.82, 2.24) is 0 Å². The van der Waals surface area contributed by atoms with Gasteiger partial charge < -0.3 is 25.2 Å². The smallest absolute Gasteiger partial charge is 0.173 e. The van der Waals surface area contributed by atoms with Crippen LogP contribution in [-0.4, -0.2) is 32.8 Å². The second-order valence-corrected chi connectivity index (χ2v) is 7.57. The van der Waals surface area contributed by atoms with Crippen LogP contribution in [0.1, 0.15) is 39.0 Å². The number of para-hydroxylation sites is 1.